The molecule has 0 bridgehead atoms. The fourth-order valence-electron chi connectivity index (χ4n) is 2.05. The molecule has 1 fully saturated rings. The number of hydrogen-bond acceptors (Lipinski definition) is 4. The van der Waals surface area contributed by atoms with Gasteiger partial charge in [0.15, 0.2) is 5.78 Å². The number of aromatic nitrogens is 2. The van der Waals surface area contributed by atoms with Crippen molar-refractivity contribution in [1.29, 1.82) is 0 Å². The number of benzene rings is 1. The standard InChI is InChI=1S/C13H11N3O2/c17-10-5-13(18)16(8-10)7-9-6-14-11-3-1-2-4-12(11)15-9/h1-4,6H,5,7-8H2. The minimum absolute atomic E-state index is 0.0149. The average Bonchev–Trinajstić information content (AvgIpc) is 2.68. The molecular formula is C13H11N3O2. The Bertz CT molecular complexity index is 639. The van der Waals surface area contributed by atoms with Gasteiger partial charge in [-0.3, -0.25) is 14.6 Å². The maximum atomic E-state index is 11.5. The van der Waals surface area contributed by atoms with E-state index in [0.29, 0.717) is 12.2 Å². The van der Waals surface area contributed by atoms with Gasteiger partial charge < -0.3 is 4.90 Å². The molecule has 5 nitrogen and oxygen atoms in total. The van der Waals surface area contributed by atoms with Crippen LogP contribution in [0.2, 0.25) is 0 Å². The lowest BCUT2D eigenvalue weighted by molar-refractivity contribution is -0.128. The van der Waals surface area contributed by atoms with E-state index >= 15 is 0 Å². The molecule has 18 heavy (non-hydrogen) atoms. The molecule has 0 aliphatic carbocycles. The Labute approximate surface area is 103 Å². The number of carbonyl (C=O) groups excluding carboxylic acids is 2. The third-order valence-corrected chi connectivity index (χ3v) is 2.92. The predicted molar refractivity (Wildman–Crippen MR) is 64.6 cm³/mol. The Hall–Kier alpha value is -2.30. The van der Waals surface area contributed by atoms with Crippen molar-refractivity contribution in [1.82, 2.24) is 14.9 Å². The summed E-state index contributed by atoms with van der Waals surface area (Å²) in [5.41, 5.74) is 2.33. The van der Waals surface area contributed by atoms with E-state index in [-0.39, 0.29) is 24.7 Å². The number of Topliss-reactive ketones (excluding diaryl/α,β-unsaturated/α-hetero) is 1. The summed E-state index contributed by atoms with van der Waals surface area (Å²) in [5, 5.41) is 0. The molecule has 0 atom stereocenters. The van der Waals surface area contributed by atoms with Gasteiger partial charge in [-0.05, 0) is 12.1 Å². The lowest BCUT2D eigenvalue weighted by atomic mass is 10.3. The molecule has 1 saturated heterocycles. The van der Waals surface area contributed by atoms with Crippen LogP contribution in [0.25, 0.3) is 11.0 Å². The fraction of sp³-hybridized carbons (Fsp3) is 0.231. The third kappa shape index (κ3) is 1.95. The minimum atomic E-state index is -0.130. The van der Waals surface area contributed by atoms with Crippen LogP contribution in [0, 0.1) is 0 Å². The molecule has 1 aromatic carbocycles. The molecule has 1 amide bonds. The van der Waals surface area contributed by atoms with Crippen LogP contribution >= 0.6 is 0 Å². The number of hydrogen-bond donors (Lipinski definition) is 0. The first-order chi connectivity index (χ1) is 8.72. The SMILES string of the molecule is O=C1CC(=O)N(Cc2cnc3ccccc3n2)C1. The zero-order valence-electron chi connectivity index (χ0n) is 9.67. The van der Waals surface area contributed by atoms with E-state index in [1.165, 1.54) is 4.90 Å². The first kappa shape index (κ1) is 10.8. The Balaban J connectivity index is 1.87. The third-order valence-electron chi connectivity index (χ3n) is 2.92. The summed E-state index contributed by atoms with van der Waals surface area (Å²) >= 11 is 0. The van der Waals surface area contributed by atoms with E-state index in [1.54, 1.807) is 6.20 Å². The van der Waals surface area contributed by atoms with Crippen molar-refractivity contribution in [3.8, 4) is 0 Å². The van der Waals surface area contributed by atoms with Gasteiger partial charge in [-0.15, -0.1) is 0 Å². The molecular weight excluding hydrogens is 230 g/mol. The summed E-state index contributed by atoms with van der Waals surface area (Å²) in [4.78, 5) is 32.9. The first-order valence-corrected chi connectivity index (χ1v) is 5.72. The molecule has 0 N–H and O–H groups in total. The van der Waals surface area contributed by atoms with Gasteiger partial charge in [-0.25, -0.2) is 4.98 Å². The van der Waals surface area contributed by atoms with Crippen molar-refractivity contribution in [3.63, 3.8) is 0 Å². The zero-order chi connectivity index (χ0) is 12.5. The Kier molecular flexibility index (Phi) is 2.51. The fourth-order valence-corrected chi connectivity index (χ4v) is 2.05. The molecule has 2 aromatic rings. The van der Waals surface area contributed by atoms with E-state index in [4.69, 9.17) is 0 Å². The Morgan fingerprint density at radius 2 is 1.94 bits per heavy atom. The van der Waals surface area contributed by atoms with Crippen molar-refractivity contribution in [2.24, 2.45) is 0 Å². The minimum Gasteiger partial charge on any atom is -0.329 e. The number of likely N-dealkylation sites (tertiary alicyclic amines) is 1. The van der Waals surface area contributed by atoms with Crippen LogP contribution in [0.5, 0.6) is 0 Å². The maximum absolute atomic E-state index is 11.5. The highest BCUT2D eigenvalue weighted by molar-refractivity contribution is 6.05. The summed E-state index contributed by atoms with van der Waals surface area (Å²) in [6.45, 7) is 0.537. The largest absolute Gasteiger partial charge is 0.329 e. The molecule has 0 radical (unpaired) electrons. The van der Waals surface area contributed by atoms with Crippen LogP contribution in [-0.4, -0.2) is 33.1 Å². The van der Waals surface area contributed by atoms with Gasteiger partial charge in [0.1, 0.15) is 0 Å². The van der Waals surface area contributed by atoms with E-state index < -0.39 is 0 Å². The Morgan fingerprint density at radius 3 is 2.67 bits per heavy atom. The molecule has 1 aliphatic rings. The van der Waals surface area contributed by atoms with E-state index in [2.05, 4.69) is 9.97 Å². The number of rotatable bonds is 2. The molecule has 0 saturated carbocycles. The lowest BCUT2D eigenvalue weighted by Crippen LogP contribution is -2.25. The highest BCUT2D eigenvalue weighted by Crippen LogP contribution is 2.13. The van der Waals surface area contributed by atoms with Crippen molar-refractivity contribution >= 4 is 22.7 Å². The molecule has 0 spiro atoms. The van der Waals surface area contributed by atoms with Gasteiger partial charge in [-0.1, -0.05) is 12.1 Å². The van der Waals surface area contributed by atoms with Crippen molar-refractivity contribution < 1.29 is 9.59 Å². The quantitative estimate of drug-likeness (QED) is 0.734. The number of amides is 1. The van der Waals surface area contributed by atoms with Crippen molar-refractivity contribution in [2.45, 2.75) is 13.0 Å². The predicted octanol–water partition coefficient (Wildman–Crippen LogP) is 0.931. The number of para-hydroxylation sites is 2. The summed E-state index contributed by atoms with van der Waals surface area (Å²) in [6, 6.07) is 7.56. The van der Waals surface area contributed by atoms with Crippen LogP contribution in [0.4, 0.5) is 0 Å². The molecule has 1 aromatic heterocycles. The highest BCUT2D eigenvalue weighted by atomic mass is 16.2. The second-order valence-corrected chi connectivity index (χ2v) is 4.32. The van der Waals surface area contributed by atoms with Crippen LogP contribution in [0.3, 0.4) is 0 Å². The molecule has 0 unspecified atom stereocenters. The van der Waals surface area contributed by atoms with Gasteiger partial charge >= 0.3 is 0 Å². The summed E-state index contributed by atoms with van der Waals surface area (Å²) in [6.07, 6.45) is 1.67. The second kappa shape index (κ2) is 4.18. The Morgan fingerprint density at radius 1 is 1.17 bits per heavy atom. The van der Waals surface area contributed by atoms with Gasteiger partial charge in [-0.2, -0.15) is 0 Å². The van der Waals surface area contributed by atoms with Gasteiger partial charge in [0, 0.05) is 0 Å². The molecule has 5 heteroatoms. The van der Waals surface area contributed by atoms with Gasteiger partial charge in [0.25, 0.3) is 0 Å². The van der Waals surface area contributed by atoms with Gasteiger partial charge in [0.05, 0.1) is 42.4 Å². The molecule has 3 rings (SSSR count). The molecule has 2 heterocycles. The summed E-state index contributed by atoms with van der Waals surface area (Å²) in [5.74, 6) is -0.163. The highest BCUT2D eigenvalue weighted by Gasteiger charge is 2.27. The number of ketones is 1. The molecule has 1 aliphatic heterocycles. The average molecular weight is 241 g/mol. The monoisotopic (exact) mass is 241 g/mol. The van der Waals surface area contributed by atoms with E-state index in [0.717, 1.165) is 11.0 Å². The smallest absolute Gasteiger partial charge is 0.230 e. The topological polar surface area (TPSA) is 63.2 Å². The maximum Gasteiger partial charge on any atom is 0.230 e. The zero-order valence-corrected chi connectivity index (χ0v) is 9.67. The van der Waals surface area contributed by atoms with E-state index in [1.807, 2.05) is 24.3 Å². The van der Waals surface area contributed by atoms with Crippen LogP contribution in [0.15, 0.2) is 30.5 Å². The number of fused-ring (bicyclic) bond motifs is 1. The van der Waals surface area contributed by atoms with Crippen LogP contribution < -0.4 is 0 Å². The molecule has 90 valence electrons. The van der Waals surface area contributed by atoms with Crippen molar-refractivity contribution in [3.05, 3.63) is 36.2 Å². The van der Waals surface area contributed by atoms with Gasteiger partial charge in [0.2, 0.25) is 5.91 Å². The van der Waals surface area contributed by atoms with Crippen LogP contribution in [-0.2, 0) is 16.1 Å². The summed E-state index contributed by atoms with van der Waals surface area (Å²) < 4.78 is 0. The normalized spacial score (nSPS) is 15.7. The van der Waals surface area contributed by atoms with E-state index in [9.17, 15) is 9.59 Å². The first-order valence-electron chi connectivity index (χ1n) is 5.72. The second-order valence-electron chi connectivity index (χ2n) is 4.32. The number of carbonyl (C=O) groups is 2. The number of nitrogens with zero attached hydrogens (tertiary/aromatic N) is 3. The van der Waals surface area contributed by atoms with Crippen molar-refractivity contribution in [2.75, 3.05) is 6.54 Å². The summed E-state index contributed by atoms with van der Waals surface area (Å²) in [7, 11) is 0. The lowest BCUT2D eigenvalue weighted by Gasteiger charge is -2.13. The van der Waals surface area contributed by atoms with Crippen LogP contribution in [0.1, 0.15) is 12.1 Å².